The van der Waals surface area contributed by atoms with Gasteiger partial charge in [0, 0.05) is 30.9 Å². The number of aryl methyl sites for hydroxylation is 1. The van der Waals surface area contributed by atoms with Crippen LogP contribution in [0.25, 0.3) is 0 Å². The molecule has 86 valence electrons. The van der Waals surface area contributed by atoms with Crippen LogP contribution in [-0.4, -0.2) is 21.4 Å². The van der Waals surface area contributed by atoms with Crippen LogP contribution in [0.4, 0.5) is 0 Å². The minimum absolute atomic E-state index is 0.0167. The van der Waals surface area contributed by atoms with Gasteiger partial charge in [-0.1, -0.05) is 12.2 Å². The third-order valence-electron chi connectivity index (χ3n) is 3.01. The third kappa shape index (κ3) is 2.22. The molecule has 4 heteroatoms. The van der Waals surface area contributed by atoms with E-state index in [0.717, 1.165) is 18.8 Å². The zero-order valence-electron chi connectivity index (χ0n) is 9.47. The summed E-state index contributed by atoms with van der Waals surface area (Å²) < 4.78 is 2.00. The van der Waals surface area contributed by atoms with Crippen LogP contribution in [0.2, 0.25) is 0 Å². The van der Waals surface area contributed by atoms with Gasteiger partial charge in [-0.3, -0.25) is 4.79 Å². The highest BCUT2D eigenvalue weighted by molar-refractivity contribution is 5.84. The van der Waals surface area contributed by atoms with E-state index in [9.17, 15) is 4.79 Å². The number of imidazole rings is 1. The molecule has 1 aliphatic rings. The van der Waals surface area contributed by atoms with Gasteiger partial charge in [0.25, 0.3) is 0 Å². The molecular weight excluding hydrogens is 202 g/mol. The Hall–Kier alpha value is -1.42. The van der Waals surface area contributed by atoms with Crippen molar-refractivity contribution >= 4 is 5.78 Å². The number of Topliss-reactive ketones (excluding diaryl/α,β-unsaturated/α-hetero) is 1. The SMILES string of the molecule is CCn1ccnc1CC(=O)C1C=CC(N)C1. The first-order valence-corrected chi connectivity index (χ1v) is 5.67. The minimum atomic E-state index is -0.0167. The second kappa shape index (κ2) is 4.61. The molecule has 4 nitrogen and oxygen atoms in total. The van der Waals surface area contributed by atoms with Gasteiger partial charge in [-0.05, 0) is 13.3 Å². The van der Waals surface area contributed by atoms with Crippen molar-refractivity contribution in [2.75, 3.05) is 0 Å². The number of hydrogen-bond donors (Lipinski definition) is 1. The Kier molecular flexibility index (Phi) is 3.19. The van der Waals surface area contributed by atoms with Crippen molar-refractivity contribution in [3.63, 3.8) is 0 Å². The zero-order chi connectivity index (χ0) is 11.5. The fourth-order valence-corrected chi connectivity index (χ4v) is 2.05. The molecule has 1 aromatic heterocycles. The van der Waals surface area contributed by atoms with Crippen molar-refractivity contribution < 1.29 is 4.79 Å². The maximum absolute atomic E-state index is 12.0. The van der Waals surface area contributed by atoms with Crippen molar-refractivity contribution in [1.82, 2.24) is 9.55 Å². The van der Waals surface area contributed by atoms with Gasteiger partial charge < -0.3 is 10.3 Å². The normalized spacial score (nSPS) is 23.9. The van der Waals surface area contributed by atoms with E-state index < -0.39 is 0 Å². The molecule has 0 saturated heterocycles. The average Bonchev–Trinajstić information content (AvgIpc) is 2.86. The van der Waals surface area contributed by atoms with Gasteiger partial charge in [-0.2, -0.15) is 0 Å². The highest BCUT2D eigenvalue weighted by Crippen LogP contribution is 2.18. The summed E-state index contributed by atoms with van der Waals surface area (Å²) in [6.45, 7) is 2.89. The van der Waals surface area contributed by atoms with E-state index in [4.69, 9.17) is 5.73 Å². The molecule has 0 aliphatic heterocycles. The van der Waals surface area contributed by atoms with Crippen molar-refractivity contribution in [3.8, 4) is 0 Å². The van der Waals surface area contributed by atoms with Crippen molar-refractivity contribution in [1.29, 1.82) is 0 Å². The summed E-state index contributed by atoms with van der Waals surface area (Å²) in [4.78, 5) is 16.2. The van der Waals surface area contributed by atoms with Gasteiger partial charge in [0.05, 0.1) is 6.42 Å². The molecule has 0 bridgehead atoms. The molecule has 0 amide bonds. The van der Waals surface area contributed by atoms with Crippen LogP contribution in [-0.2, 0) is 17.8 Å². The molecule has 0 saturated carbocycles. The van der Waals surface area contributed by atoms with Gasteiger partial charge >= 0.3 is 0 Å². The molecule has 2 N–H and O–H groups in total. The zero-order valence-corrected chi connectivity index (χ0v) is 9.47. The molecule has 1 aromatic rings. The second-order valence-electron chi connectivity index (χ2n) is 4.16. The number of carbonyl (C=O) groups excluding carboxylic acids is 1. The molecule has 2 atom stereocenters. The largest absolute Gasteiger partial charge is 0.335 e. The Morgan fingerprint density at radius 2 is 2.44 bits per heavy atom. The predicted octanol–water partition coefficient (Wildman–Crippen LogP) is 0.918. The average molecular weight is 219 g/mol. The van der Waals surface area contributed by atoms with Crippen LogP contribution in [0.5, 0.6) is 0 Å². The van der Waals surface area contributed by atoms with Crippen molar-refractivity contribution in [2.45, 2.75) is 32.4 Å². The standard InChI is InChI=1S/C12H17N3O/c1-2-15-6-5-14-12(15)8-11(16)9-3-4-10(13)7-9/h3-6,9-10H,2,7-8,13H2,1H3. The lowest BCUT2D eigenvalue weighted by atomic mass is 10.00. The van der Waals surface area contributed by atoms with Crippen LogP contribution in [0, 0.1) is 5.92 Å². The lowest BCUT2D eigenvalue weighted by Crippen LogP contribution is -2.21. The van der Waals surface area contributed by atoms with E-state index in [-0.39, 0.29) is 17.7 Å². The predicted molar refractivity (Wildman–Crippen MR) is 61.8 cm³/mol. The van der Waals surface area contributed by atoms with Crippen LogP contribution in [0.15, 0.2) is 24.5 Å². The second-order valence-corrected chi connectivity index (χ2v) is 4.16. The number of nitrogens with two attached hydrogens (primary N) is 1. The van der Waals surface area contributed by atoms with E-state index in [0.29, 0.717) is 6.42 Å². The van der Waals surface area contributed by atoms with E-state index in [1.807, 2.05) is 29.8 Å². The van der Waals surface area contributed by atoms with Gasteiger partial charge in [-0.15, -0.1) is 0 Å². The molecule has 2 rings (SSSR count). The topological polar surface area (TPSA) is 60.9 Å². The number of carbonyl (C=O) groups is 1. The summed E-state index contributed by atoms with van der Waals surface area (Å²) in [5, 5.41) is 0. The molecule has 0 aromatic carbocycles. The number of allylic oxidation sites excluding steroid dienone is 1. The quantitative estimate of drug-likeness (QED) is 0.766. The number of ketones is 1. The first kappa shape index (κ1) is 11.1. The Labute approximate surface area is 95.2 Å². The highest BCUT2D eigenvalue weighted by Gasteiger charge is 2.23. The number of aromatic nitrogens is 2. The third-order valence-corrected chi connectivity index (χ3v) is 3.01. The molecule has 0 spiro atoms. The van der Waals surface area contributed by atoms with E-state index in [1.54, 1.807) is 6.20 Å². The molecule has 0 radical (unpaired) electrons. The Bertz CT molecular complexity index is 408. The number of hydrogen-bond acceptors (Lipinski definition) is 3. The fraction of sp³-hybridized carbons (Fsp3) is 0.500. The van der Waals surface area contributed by atoms with Gasteiger partial charge in [-0.25, -0.2) is 4.98 Å². The van der Waals surface area contributed by atoms with Crippen LogP contribution in [0.1, 0.15) is 19.2 Å². The lowest BCUT2D eigenvalue weighted by Gasteiger charge is -2.09. The minimum Gasteiger partial charge on any atom is -0.335 e. The molecule has 2 unspecified atom stereocenters. The first-order chi connectivity index (χ1) is 7.70. The summed E-state index contributed by atoms with van der Waals surface area (Å²) in [5.74, 6) is 1.04. The number of nitrogens with zero attached hydrogens (tertiary/aromatic N) is 2. The molecule has 16 heavy (non-hydrogen) atoms. The fourth-order valence-electron chi connectivity index (χ4n) is 2.05. The smallest absolute Gasteiger partial charge is 0.147 e. The summed E-state index contributed by atoms with van der Waals surface area (Å²) >= 11 is 0. The van der Waals surface area contributed by atoms with E-state index in [2.05, 4.69) is 4.98 Å². The molecular formula is C12H17N3O. The highest BCUT2D eigenvalue weighted by atomic mass is 16.1. The van der Waals surface area contributed by atoms with Gasteiger partial charge in [0.2, 0.25) is 0 Å². The van der Waals surface area contributed by atoms with E-state index >= 15 is 0 Å². The number of rotatable bonds is 4. The Morgan fingerprint density at radius 3 is 3.06 bits per heavy atom. The van der Waals surface area contributed by atoms with E-state index in [1.165, 1.54) is 0 Å². The maximum Gasteiger partial charge on any atom is 0.147 e. The lowest BCUT2D eigenvalue weighted by molar-refractivity contribution is -0.121. The maximum atomic E-state index is 12.0. The van der Waals surface area contributed by atoms with Crippen LogP contribution >= 0.6 is 0 Å². The molecule has 1 aliphatic carbocycles. The Balaban J connectivity index is 2.00. The van der Waals surface area contributed by atoms with Crippen molar-refractivity contribution in [3.05, 3.63) is 30.4 Å². The summed E-state index contributed by atoms with van der Waals surface area (Å²) in [6, 6.07) is 0.0415. The summed E-state index contributed by atoms with van der Waals surface area (Å²) in [5.41, 5.74) is 5.73. The summed E-state index contributed by atoms with van der Waals surface area (Å²) in [7, 11) is 0. The van der Waals surface area contributed by atoms with Gasteiger partial charge in [0.15, 0.2) is 0 Å². The van der Waals surface area contributed by atoms with Crippen molar-refractivity contribution in [2.24, 2.45) is 11.7 Å². The summed E-state index contributed by atoms with van der Waals surface area (Å²) in [6.07, 6.45) is 8.62. The molecule has 0 fully saturated rings. The molecule has 1 heterocycles. The Morgan fingerprint density at radius 1 is 1.62 bits per heavy atom. The monoisotopic (exact) mass is 219 g/mol. The first-order valence-electron chi connectivity index (χ1n) is 5.67. The van der Waals surface area contributed by atoms with Crippen LogP contribution < -0.4 is 5.73 Å². The van der Waals surface area contributed by atoms with Crippen LogP contribution in [0.3, 0.4) is 0 Å². The van der Waals surface area contributed by atoms with Gasteiger partial charge in [0.1, 0.15) is 11.6 Å².